The Morgan fingerprint density at radius 3 is 2.05 bits per heavy atom. The quantitative estimate of drug-likeness (QED) is 0.457. The fraction of sp³-hybridized carbons (Fsp3) is 0.412. The molecule has 0 radical (unpaired) electrons. The van der Waals surface area contributed by atoms with Crippen LogP contribution in [0.2, 0.25) is 0 Å². The van der Waals surface area contributed by atoms with Crippen LogP contribution in [0.25, 0.3) is 0 Å². The van der Waals surface area contributed by atoms with Crippen molar-refractivity contribution in [2.24, 2.45) is 11.8 Å². The molecule has 1 rings (SSSR count). The fourth-order valence-corrected chi connectivity index (χ4v) is 1.46. The van der Waals surface area contributed by atoms with Gasteiger partial charge in [0.25, 0.3) is 0 Å². The summed E-state index contributed by atoms with van der Waals surface area (Å²) >= 11 is 0. The van der Waals surface area contributed by atoms with E-state index in [0.29, 0.717) is 6.42 Å². The highest BCUT2D eigenvalue weighted by Gasteiger charge is 2.17. The lowest BCUT2D eigenvalue weighted by Crippen LogP contribution is -2.18. The molecule has 0 saturated heterocycles. The predicted molar refractivity (Wildman–Crippen MR) is 81.3 cm³/mol. The third kappa shape index (κ3) is 5.06. The minimum absolute atomic E-state index is 0.258. The molecule has 4 nitrogen and oxygen atoms in total. The first kappa shape index (κ1) is 17.0. The molecule has 0 N–H and O–H groups in total. The number of carbonyl (C=O) groups is 2. The van der Waals surface area contributed by atoms with Crippen LogP contribution in [0.4, 0.5) is 0 Å². The van der Waals surface area contributed by atoms with Crippen LogP contribution in [0.15, 0.2) is 30.9 Å². The van der Waals surface area contributed by atoms with Crippen molar-refractivity contribution in [2.75, 3.05) is 0 Å². The maximum Gasteiger partial charge on any atom is 0.313 e. The predicted octanol–water partition coefficient (Wildman–Crippen LogP) is 3.54. The molecule has 0 unspecified atom stereocenters. The van der Waals surface area contributed by atoms with Crippen molar-refractivity contribution in [2.45, 2.75) is 34.1 Å². The number of benzene rings is 1. The van der Waals surface area contributed by atoms with E-state index in [-0.39, 0.29) is 35.3 Å². The maximum absolute atomic E-state index is 11.8. The lowest BCUT2D eigenvalue weighted by molar-refractivity contribution is -0.140. The van der Waals surface area contributed by atoms with Gasteiger partial charge in [-0.25, -0.2) is 0 Å². The van der Waals surface area contributed by atoms with Gasteiger partial charge in [0.05, 0.1) is 11.8 Å². The van der Waals surface area contributed by atoms with Gasteiger partial charge < -0.3 is 9.47 Å². The molecule has 0 saturated carbocycles. The zero-order chi connectivity index (χ0) is 16.0. The number of hydrogen-bond acceptors (Lipinski definition) is 4. The number of esters is 2. The molecule has 0 spiro atoms. The lowest BCUT2D eigenvalue weighted by atomic mass is 10.1. The molecule has 4 heteroatoms. The summed E-state index contributed by atoms with van der Waals surface area (Å²) < 4.78 is 10.6. The summed E-state index contributed by atoms with van der Waals surface area (Å²) in [7, 11) is 0. The first-order valence-electron chi connectivity index (χ1n) is 7.02. The minimum atomic E-state index is -0.368. The highest BCUT2D eigenvalue weighted by molar-refractivity contribution is 5.78. The molecule has 1 aromatic carbocycles. The fourth-order valence-electron chi connectivity index (χ4n) is 1.46. The van der Waals surface area contributed by atoms with Crippen molar-refractivity contribution in [1.82, 2.24) is 0 Å². The van der Waals surface area contributed by atoms with Gasteiger partial charge >= 0.3 is 11.9 Å². The average Bonchev–Trinajstić information content (AvgIpc) is 2.41. The summed E-state index contributed by atoms with van der Waals surface area (Å²) in [4.78, 5) is 23.5. The van der Waals surface area contributed by atoms with Crippen molar-refractivity contribution in [3.63, 3.8) is 0 Å². The molecular weight excluding hydrogens is 268 g/mol. The molecule has 21 heavy (non-hydrogen) atoms. The second kappa shape index (κ2) is 7.62. The van der Waals surface area contributed by atoms with E-state index < -0.39 is 0 Å². The van der Waals surface area contributed by atoms with Crippen molar-refractivity contribution in [3.05, 3.63) is 36.4 Å². The lowest BCUT2D eigenvalue weighted by Gasteiger charge is -2.14. The zero-order valence-corrected chi connectivity index (χ0v) is 13.0. The van der Waals surface area contributed by atoms with Crippen LogP contribution < -0.4 is 9.47 Å². The van der Waals surface area contributed by atoms with Gasteiger partial charge in [0.1, 0.15) is 0 Å². The third-order valence-corrected chi connectivity index (χ3v) is 2.75. The molecule has 0 atom stereocenters. The molecular formula is C17H22O4. The van der Waals surface area contributed by atoms with E-state index in [1.165, 1.54) is 0 Å². The van der Waals surface area contributed by atoms with E-state index in [2.05, 4.69) is 6.58 Å². The van der Waals surface area contributed by atoms with Gasteiger partial charge in [0.2, 0.25) is 0 Å². The van der Waals surface area contributed by atoms with Crippen LogP contribution in [0.1, 0.15) is 33.3 Å². The van der Waals surface area contributed by atoms with Crippen LogP contribution in [0.5, 0.6) is 11.5 Å². The Bertz CT molecular complexity index is 530. The summed E-state index contributed by atoms with van der Waals surface area (Å²) in [5.74, 6) is -0.730. The van der Waals surface area contributed by atoms with E-state index in [0.717, 1.165) is 5.56 Å². The normalized spacial score (nSPS) is 10.6. The molecule has 0 heterocycles. The Morgan fingerprint density at radius 1 is 1.05 bits per heavy atom. The van der Waals surface area contributed by atoms with E-state index in [1.54, 1.807) is 45.9 Å². The van der Waals surface area contributed by atoms with Gasteiger partial charge in [0.15, 0.2) is 11.5 Å². The molecule has 0 aliphatic carbocycles. The van der Waals surface area contributed by atoms with Gasteiger partial charge in [-0.15, -0.1) is 6.58 Å². The molecule has 0 aliphatic heterocycles. The monoisotopic (exact) mass is 290 g/mol. The average molecular weight is 290 g/mol. The third-order valence-electron chi connectivity index (χ3n) is 2.75. The van der Waals surface area contributed by atoms with Gasteiger partial charge in [-0.3, -0.25) is 9.59 Å². The van der Waals surface area contributed by atoms with Crippen molar-refractivity contribution in [1.29, 1.82) is 0 Å². The van der Waals surface area contributed by atoms with Crippen LogP contribution >= 0.6 is 0 Å². The molecule has 0 amide bonds. The van der Waals surface area contributed by atoms with Gasteiger partial charge in [-0.1, -0.05) is 39.8 Å². The summed E-state index contributed by atoms with van der Waals surface area (Å²) in [6.07, 6.45) is 2.40. The Hall–Kier alpha value is -2.10. The van der Waals surface area contributed by atoms with Crippen molar-refractivity contribution < 1.29 is 19.1 Å². The Kier molecular flexibility index (Phi) is 6.15. The first-order chi connectivity index (χ1) is 9.85. The number of hydrogen-bond donors (Lipinski definition) is 0. The first-order valence-corrected chi connectivity index (χ1v) is 7.02. The standard InChI is InChI=1S/C17H22O4/c1-6-7-13-8-9-14(20-16(18)11(2)3)15(10-13)21-17(19)12(4)5/h6,8-12H,1,7H2,2-5H3. The molecule has 1 aromatic rings. The Balaban J connectivity index is 3.07. The molecule has 0 fully saturated rings. The van der Waals surface area contributed by atoms with E-state index >= 15 is 0 Å². The zero-order valence-electron chi connectivity index (χ0n) is 13.0. The second-order valence-corrected chi connectivity index (χ2v) is 5.43. The molecule has 0 bridgehead atoms. The number of carbonyl (C=O) groups excluding carboxylic acids is 2. The van der Waals surface area contributed by atoms with Gasteiger partial charge in [-0.2, -0.15) is 0 Å². The largest absolute Gasteiger partial charge is 0.422 e. The number of ether oxygens (including phenoxy) is 2. The van der Waals surface area contributed by atoms with Crippen molar-refractivity contribution in [3.8, 4) is 11.5 Å². The molecule has 114 valence electrons. The summed E-state index contributed by atoms with van der Waals surface area (Å²) in [5, 5.41) is 0. The van der Waals surface area contributed by atoms with E-state index in [1.807, 2.05) is 6.07 Å². The smallest absolute Gasteiger partial charge is 0.313 e. The highest BCUT2D eigenvalue weighted by Crippen LogP contribution is 2.30. The van der Waals surface area contributed by atoms with Crippen LogP contribution in [-0.2, 0) is 16.0 Å². The molecule has 0 aromatic heterocycles. The Labute approximate surface area is 125 Å². The summed E-state index contributed by atoms with van der Waals surface area (Å²) in [5.41, 5.74) is 0.931. The second-order valence-electron chi connectivity index (χ2n) is 5.43. The van der Waals surface area contributed by atoms with Crippen molar-refractivity contribution >= 4 is 11.9 Å². The maximum atomic E-state index is 11.8. The van der Waals surface area contributed by atoms with Crippen LogP contribution in [0, 0.1) is 11.8 Å². The van der Waals surface area contributed by atoms with Gasteiger partial charge in [-0.05, 0) is 24.1 Å². The molecule has 0 aliphatic rings. The van der Waals surface area contributed by atoms with E-state index in [9.17, 15) is 9.59 Å². The Morgan fingerprint density at radius 2 is 1.57 bits per heavy atom. The van der Waals surface area contributed by atoms with Crippen LogP contribution in [-0.4, -0.2) is 11.9 Å². The van der Waals surface area contributed by atoms with Crippen LogP contribution in [0.3, 0.4) is 0 Å². The summed E-state index contributed by atoms with van der Waals surface area (Å²) in [6, 6.07) is 5.16. The van der Waals surface area contributed by atoms with E-state index in [4.69, 9.17) is 9.47 Å². The SMILES string of the molecule is C=CCc1ccc(OC(=O)C(C)C)c(OC(=O)C(C)C)c1. The highest BCUT2D eigenvalue weighted by atomic mass is 16.6. The topological polar surface area (TPSA) is 52.6 Å². The minimum Gasteiger partial charge on any atom is -0.422 e. The number of allylic oxidation sites excluding steroid dienone is 1. The number of rotatable bonds is 6. The summed E-state index contributed by atoms with van der Waals surface area (Å²) in [6.45, 7) is 10.7. The van der Waals surface area contributed by atoms with Gasteiger partial charge in [0, 0.05) is 0 Å².